The molecule has 0 spiro atoms. The summed E-state index contributed by atoms with van der Waals surface area (Å²) in [6.45, 7) is -0.0607. The lowest BCUT2D eigenvalue weighted by Gasteiger charge is -2.24. The van der Waals surface area contributed by atoms with Crippen LogP contribution in [-0.2, 0) is 20.6 Å². The highest BCUT2D eigenvalue weighted by Crippen LogP contribution is 2.33. The van der Waals surface area contributed by atoms with Crippen LogP contribution in [-0.4, -0.2) is 53.6 Å². The number of hydrogen-bond acceptors (Lipinski definition) is 6. The summed E-state index contributed by atoms with van der Waals surface area (Å²) in [5.41, 5.74) is 0.841. The standard InChI is InChI=1S/C20H25FN2O5S2/c1-27-16-8-9-18(19(12-16)28-2)23(30(3,25)26)13-20(24)22-10-11-29-14-15-6-4-5-7-17(15)21/h4-9,12H,10-11,13-14H2,1-3H3,(H,22,24). The molecule has 10 heteroatoms. The van der Waals surface area contributed by atoms with Gasteiger partial charge in [0, 0.05) is 24.1 Å². The van der Waals surface area contributed by atoms with Gasteiger partial charge in [-0.25, -0.2) is 12.8 Å². The van der Waals surface area contributed by atoms with Crippen LogP contribution in [0.1, 0.15) is 5.56 Å². The molecule has 0 unspecified atom stereocenters. The number of carbonyl (C=O) groups excluding carboxylic acids is 1. The lowest BCUT2D eigenvalue weighted by atomic mass is 10.2. The van der Waals surface area contributed by atoms with E-state index in [0.29, 0.717) is 29.4 Å². The topological polar surface area (TPSA) is 84.9 Å². The number of thioether (sulfide) groups is 1. The smallest absolute Gasteiger partial charge is 0.240 e. The van der Waals surface area contributed by atoms with Crippen LogP contribution in [0.3, 0.4) is 0 Å². The molecule has 0 bridgehead atoms. The fraction of sp³-hybridized carbons (Fsp3) is 0.350. The molecule has 0 radical (unpaired) electrons. The first-order chi connectivity index (χ1) is 14.3. The zero-order chi connectivity index (χ0) is 22.1. The van der Waals surface area contributed by atoms with Gasteiger partial charge in [0.1, 0.15) is 23.9 Å². The van der Waals surface area contributed by atoms with Gasteiger partial charge in [-0.2, -0.15) is 11.8 Å². The monoisotopic (exact) mass is 456 g/mol. The molecule has 0 saturated heterocycles. The first kappa shape index (κ1) is 23.8. The van der Waals surface area contributed by atoms with Gasteiger partial charge in [0.05, 0.1) is 26.2 Å². The molecule has 0 saturated carbocycles. The summed E-state index contributed by atoms with van der Waals surface area (Å²) in [5, 5.41) is 2.69. The second-order valence-corrected chi connectivity index (χ2v) is 9.31. The van der Waals surface area contributed by atoms with Gasteiger partial charge in [0.2, 0.25) is 15.9 Å². The van der Waals surface area contributed by atoms with Crippen molar-refractivity contribution in [2.24, 2.45) is 0 Å². The number of rotatable bonds is 11. The van der Waals surface area contributed by atoms with Crippen molar-refractivity contribution >= 4 is 33.4 Å². The Hall–Kier alpha value is -2.46. The molecule has 1 N–H and O–H groups in total. The Kier molecular flexibility index (Phi) is 8.79. The normalized spacial score (nSPS) is 11.1. The van der Waals surface area contributed by atoms with Crippen LogP contribution in [0.25, 0.3) is 0 Å². The second kappa shape index (κ2) is 11.1. The predicted octanol–water partition coefficient (Wildman–Crippen LogP) is 2.66. The molecule has 0 atom stereocenters. The molecule has 1 amide bonds. The molecule has 0 heterocycles. The van der Waals surface area contributed by atoms with E-state index < -0.39 is 15.9 Å². The first-order valence-corrected chi connectivity index (χ1v) is 12.0. The van der Waals surface area contributed by atoms with Crippen LogP contribution in [0.2, 0.25) is 0 Å². The van der Waals surface area contributed by atoms with Gasteiger partial charge in [-0.1, -0.05) is 18.2 Å². The van der Waals surface area contributed by atoms with Gasteiger partial charge in [0.25, 0.3) is 0 Å². The maximum Gasteiger partial charge on any atom is 0.240 e. The van der Waals surface area contributed by atoms with E-state index in [4.69, 9.17) is 9.47 Å². The Labute approximate surface area is 180 Å². The van der Waals surface area contributed by atoms with Crippen LogP contribution in [0.15, 0.2) is 42.5 Å². The summed E-state index contributed by atoms with van der Waals surface area (Å²) < 4.78 is 49.5. The second-order valence-electron chi connectivity index (χ2n) is 6.30. The summed E-state index contributed by atoms with van der Waals surface area (Å²) in [7, 11) is -0.842. The van der Waals surface area contributed by atoms with E-state index in [2.05, 4.69) is 5.32 Å². The Morgan fingerprint density at radius 2 is 1.90 bits per heavy atom. The quantitative estimate of drug-likeness (QED) is 0.524. The molecule has 7 nitrogen and oxygen atoms in total. The molecule has 2 aromatic rings. The maximum absolute atomic E-state index is 13.6. The van der Waals surface area contributed by atoms with Gasteiger partial charge in [-0.15, -0.1) is 0 Å². The minimum Gasteiger partial charge on any atom is -0.497 e. The fourth-order valence-electron chi connectivity index (χ4n) is 2.62. The van der Waals surface area contributed by atoms with Gasteiger partial charge in [-0.3, -0.25) is 9.10 Å². The molecule has 2 aromatic carbocycles. The van der Waals surface area contributed by atoms with Crippen molar-refractivity contribution in [1.29, 1.82) is 0 Å². The number of halogens is 1. The zero-order valence-electron chi connectivity index (χ0n) is 17.1. The average molecular weight is 457 g/mol. The number of nitrogens with zero attached hydrogens (tertiary/aromatic N) is 1. The highest BCUT2D eigenvalue weighted by Gasteiger charge is 2.24. The summed E-state index contributed by atoms with van der Waals surface area (Å²) in [6.07, 6.45) is 1.02. The van der Waals surface area contributed by atoms with Gasteiger partial charge < -0.3 is 14.8 Å². The molecule has 30 heavy (non-hydrogen) atoms. The van der Waals surface area contributed by atoms with Crippen molar-refractivity contribution in [3.8, 4) is 11.5 Å². The zero-order valence-corrected chi connectivity index (χ0v) is 18.7. The van der Waals surface area contributed by atoms with E-state index in [0.717, 1.165) is 10.6 Å². The van der Waals surface area contributed by atoms with Crippen LogP contribution in [0, 0.1) is 5.82 Å². The Balaban J connectivity index is 1.94. The number of methoxy groups -OCH3 is 2. The molecular formula is C20H25FN2O5S2. The summed E-state index contributed by atoms with van der Waals surface area (Å²) in [4.78, 5) is 12.3. The third kappa shape index (κ3) is 6.81. The van der Waals surface area contributed by atoms with Crippen molar-refractivity contribution in [2.45, 2.75) is 5.75 Å². The molecule has 2 rings (SSSR count). The van der Waals surface area contributed by atoms with E-state index in [-0.39, 0.29) is 23.8 Å². The number of anilines is 1. The highest BCUT2D eigenvalue weighted by molar-refractivity contribution is 7.98. The van der Waals surface area contributed by atoms with Crippen molar-refractivity contribution in [1.82, 2.24) is 5.32 Å². The highest BCUT2D eigenvalue weighted by atomic mass is 32.2. The number of nitrogens with one attached hydrogen (secondary N) is 1. The molecule has 0 aliphatic rings. The minimum atomic E-state index is -3.74. The lowest BCUT2D eigenvalue weighted by molar-refractivity contribution is -0.119. The van der Waals surface area contributed by atoms with Crippen molar-refractivity contribution in [2.75, 3.05) is 43.6 Å². The number of ether oxygens (including phenoxy) is 2. The number of amides is 1. The molecule has 0 aliphatic carbocycles. The third-order valence-corrected chi connectivity index (χ3v) is 6.26. The maximum atomic E-state index is 13.6. The number of hydrogen-bond donors (Lipinski definition) is 1. The molecule has 164 valence electrons. The van der Waals surface area contributed by atoms with E-state index in [1.165, 1.54) is 38.1 Å². The lowest BCUT2D eigenvalue weighted by Crippen LogP contribution is -2.41. The number of sulfonamides is 1. The Morgan fingerprint density at radius 1 is 1.17 bits per heavy atom. The molecule has 0 aromatic heterocycles. The molecular weight excluding hydrogens is 431 g/mol. The number of carbonyl (C=O) groups is 1. The van der Waals surface area contributed by atoms with Crippen LogP contribution >= 0.6 is 11.8 Å². The van der Waals surface area contributed by atoms with E-state index >= 15 is 0 Å². The first-order valence-electron chi connectivity index (χ1n) is 9.04. The third-order valence-electron chi connectivity index (χ3n) is 4.13. The van der Waals surface area contributed by atoms with Crippen LogP contribution < -0.4 is 19.1 Å². The van der Waals surface area contributed by atoms with E-state index in [9.17, 15) is 17.6 Å². The van der Waals surface area contributed by atoms with Gasteiger partial charge in [-0.05, 0) is 23.8 Å². The average Bonchev–Trinajstić information content (AvgIpc) is 2.71. The van der Waals surface area contributed by atoms with Gasteiger partial charge in [0.15, 0.2) is 0 Å². The summed E-state index contributed by atoms with van der Waals surface area (Å²) in [5.74, 6) is 1.11. The Morgan fingerprint density at radius 3 is 2.53 bits per heavy atom. The predicted molar refractivity (Wildman–Crippen MR) is 117 cm³/mol. The van der Waals surface area contributed by atoms with Crippen molar-refractivity contribution < 1.29 is 27.1 Å². The van der Waals surface area contributed by atoms with Gasteiger partial charge >= 0.3 is 0 Å². The van der Waals surface area contributed by atoms with Crippen molar-refractivity contribution in [3.63, 3.8) is 0 Å². The largest absolute Gasteiger partial charge is 0.497 e. The van der Waals surface area contributed by atoms with Crippen molar-refractivity contribution in [3.05, 3.63) is 53.8 Å². The van der Waals surface area contributed by atoms with E-state index in [1.54, 1.807) is 30.3 Å². The Bertz CT molecular complexity index is 969. The van der Waals surface area contributed by atoms with Crippen LogP contribution in [0.4, 0.5) is 10.1 Å². The molecule has 0 aliphatic heterocycles. The SMILES string of the molecule is COc1ccc(N(CC(=O)NCCSCc2ccccc2F)S(C)(=O)=O)c(OC)c1. The number of benzene rings is 2. The van der Waals surface area contributed by atoms with E-state index in [1.807, 2.05) is 0 Å². The summed E-state index contributed by atoms with van der Waals surface area (Å²) in [6, 6.07) is 11.2. The van der Waals surface area contributed by atoms with Crippen LogP contribution in [0.5, 0.6) is 11.5 Å². The summed E-state index contributed by atoms with van der Waals surface area (Å²) >= 11 is 1.47. The fourth-order valence-corrected chi connectivity index (χ4v) is 4.32. The molecule has 0 fully saturated rings. The minimum absolute atomic E-state index is 0.241.